The number of methoxy groups -OCH3 is 1. The van der Waals surface area contributed by atoms with Crippen molar-refractivity contribution in [3.8, 4) is 5.75 Å². The van der Waals surface area contributed by atoms with Gasteiger partial charge in [0.15, 0.2) is 5.65 Å². The number of amides is 1. The molecule has 2 aromatic carbocycles. The Morgan fingerprint density at radius 2 is 2.04 bits per heavy atom. The maximum absolute atomic E-state index is 12.0. The van der Waals surface area contributed by atoms with E-state index in [2.05, 4.69) is 25.5 Å². The summed E-state index contributed by atoms with van der Waals surface area (Å²) in [6.45, 7) is 0.502. The van der Waals surface area contributed by atoms with Crippen LogP contribution in [0.1, 0.15) is 5.56 Å². The Hall–Kier alpha value is -3.13. The first kappa shape index (κ1) is 17.3. The molecule has 7 nitrogen and oxygen atoms in total. The summed E-state index contributed by atoms with van der Waals surface area (Å²) >= 11 is 1.25. The summed E-state index contributed by atoms with van der Waals surface area (Å²) in [5.41, 5.74) is 3.29. The predicted molar refractivity (Wildman–Crippen MR) is 105 cm³/mol. The van der Waals surface area contributed by atoms with Crippen LogP contribution < -0.4 is 10.1 Å². The highest BCUT2D eigenvalue weighted by Crippen LogP contribution is 2.27. The van der Waals surface area contributed by atoms with Gasteiger partial charge in [-0.25, -0.2) is 4.98 Å². The van der Waals surface area contributed by atoms with Crippen LogP contribution in [0.15, 0.2) is 53.7 Å². The molecule has 0 unspecified atom stereocenters. The number of nitrogens with zero attached hydrogens (tertiary/aromatic N) is 3. The fraction of sp³-hybridized carbons (Fsp3) is 0.158. The summed E-state index contributed by atoms with van der Waals surface area (Å²) in [4.78, 5) is 19.7. The molecule has 0 saturated carbocycles. The van der Waals surface area contributed by atoms with Gasteiger partial charge >= 0.3 is 0 Å². The molecule has 0 bridgehead atoms. The third-order valence-electron chi connectivity index (χ3n) is 4.07. The normalized spacial score (nSPS) is 11.0. The van der Waals surface area contributed by atoms with E-state index in [-0.39, 0.29) is 11.7 Å². The van der Waals surface area contributed by atoms with Gasteiger partial charge in [-0.15, -0.1) is 10.2 Å². The fourth-order valence-corrected chi connectivity index (χ4v) is 3.32. The zero-order valence-electron chi connectivity index (χ0n) is 14.6. The SMILES string of the molecule is COc1ccc2[nH]c3nc(SCC(=O)NCc4ccccc4)nnc3c2c1. The molecule has 0 aliphatic carbocycles. The number of carbonyl (C=O) groups is 1. The van der Waals surface area contributed by atoms with Gasteiger partial charge in [-0.2, -0.15) is 0 Å². The largest absolute Gasteiger partial charge is 0.497 e. The predicted octanol–water partition coefficient (Wildman–Crippen LogP) is 2.92. The van der Waals surface area contributed by atoms with E-state index >= 15 is 0 Å². The van der Waals surface area contributed by atoms with Crippen LogP contribution in [0.4, 0.5) is 0 Å². The number of aromatic nitrogens is 4. The van der Waals surface area contributed by atoms with Gasteiger partial charge in [0.1, 0.15) is 11.3 Å². The molecule has 0 atom stereocenters. The summed E-state index contributed by atoms with van der Waals surface area (Å²) in [6.07, 6.45) is 0. The van der Waals surface area contributed by atoms with E-state index in [4.69, 9.17) is 4.74 Å². The molecule has 0 aliphatic rings. The zero-order valence-corrected chi connectivity index (χ0v) is 15.4. The maximum atomic E-state index is 12.0. The Balaban J connectivity index is 1.43. The van der Waals surface area contributed by atoms with Crippen LogP contribution in [-0.2, 0) is 11.3 Å². The molecule has 2 aromatic heterocycles. The van der Waals surface area contributed by atoms with Gasteiger partial charge in [-0.1, -0.05) is 42.1 Å². The van der Waals surface area contributed by atoms with E-state index in [1.54, 1.807) is 7.11 Å². The van der Waals surface area contributed by atoms with Crippen LogP contribution in [0.2, 0.25) is 0 Å². The average Bonchev–Trinajstić information content (AvgIpc) is 3.08. The lowest BCUT2D eigenvalue weighted by atomic mass is 10.2. The molecule has 4 rings (SSSR count). The van der Waals surface area contributed by atoms with Crippen molar-refractivity contribution >= 4 is 39.7 Å². The minimum atomic E-state index is -0.0751. The van der Waals surface area contributed by atoms with E-state index in [1.165, 1.54) is 11.8 Å². The van der Waals surface area contributed by atoms with E-state index in [0.717, 1.165) is 22.2 Å². The van der Waals surface area contributed by atoms with Gasteiger partial charge in [0, 0.05) is 17.4 Å². The lowest BCUT2D eigenvalue weighted by Gasteiger charge is -2.04. The Kier molecular flexibility index (Phi) is 4.88. The monoisotopic (exact) mass is 379 g/mol. The molecule has 2 N–H and O–H groups in total. The Labute approximate surface area is 159 Å². The molecule has 0 fully saturated rings. The molecule has 0 spiro atoms. The summed E-state index contributed by atoms with van der Waals surface area (Å²) < 4.78 is 5.25. The van der Waals surface area contributed by atoms with Crippen molar-refractivity contribution in [1.29, 1.82) is 0 Å². The topological polar surface area (TPSA) is 92.8 Å². The number of ether oxygens (including phenoxy) is 1. The van der Waals surface area contributed by atoms with Gasteiger partial charge in [-0.05, 0) is 23.8 Å². The van der Waals surface area contributed by atoms with Gasteiger partial charge in [0.05, 0.1) is 12.9 Å². The lowest BCUT2D eigenvalue weighted by Crippen LogP contribution is -2.24. The van der Waals surface area contributed by atoms with Crippen LogP contribution >= 0.6 is 11.8 Å². The molecule has 8 heteroatoms. The number of fused-ring (bicyclic) bond motifs is 3. The smallest absolute Gasteiger partial charge is 0.230 e. The van der Waals surface area contributed by atoms with E-state index in [0.29, 0.717) is 22.9 Å². The third-order valence-corrected chi connectivity index (χ3v) is 4.90. The molecule has 1 amide bonds. The molecular weight excluding hydrogens is 362 g/mol. The van der Waals surface area contributed by atoms with Crippen LogP contribution in [0, 0.1) is 0 Å². The number of thioether (sulfide) groups is 1. The van der Waals surface area contributed by atoms with E-state index < -0.39 is 0 Å². The molecule has 0 aliphatic heterocycles. The number of hydrogen-bond acceptors (Lipinski definition) is 6. The van der Waals surface area contributed by atoms with Crippen LogP contribution in [0.3, 0.4) is 0 Å². The standard InChI is InChI=1S/C19H17N5O2S/c1-26-13-7-8-15-14(9-13)17-18(21-15)22-19(24-23-17)27-11-16(25)20-10-12-5-3-2-4-6-12/h2-9H,10-11H2,1H3,(H,20,25)(H,21,22,24). The minimum absolute atomic E-state index is 0.0751. The fourth-order valence-electron chi connectivity index (χ4n) is 2.70. The summed E-state index contributed by atoms with van der Waals surface area (Å²) in [7, 11) is 1.62. The summed E-state index contributed by atoms with van der Waals surface area (Å²) in [6, 6.07) is 15.5. The number of nitrogens with one attached hydrogen (secondary N) is 2. The average molecular weight is 379 g/mol. The van der Waals surface area contributed by atoms with Crippen LogP contribution in [0.5, 0.6) is 5.75 Å². The Morgan fingerprint density at radius 1 is 1.19 bits per heavy atom. The van der Waals surface area contributed by atoms with E-state index in [1.807, 2.05) is 48.5 Å². The van der Waals surface area contributed by atoms with Gasteiger partial charge in [-0.3, -0.25) is 4.79 Å². The molecule has 2 heterocycles. The number of benzene rings is 2. The highest BCUT2D eigenvalue weighted by atomic mass is 32.2. The van der Waals surface area contributed by atoms with Gasteiger partial charge in [0.25, 0.3) is 0 Å². The second kappa shape index (κ2) is 7.63. The van der Waals surface area contributed by atoms with Crippen LogP contribution in [-0.4, -0.2) is 38.9 Å². The van der Waals surface area contributed by atoms with E-state index in [9.17, 15) is 4.79 Å². The molecule has 27 heavy (non-hydrogen) atoms. The maximum Gasteiger partial charge on any atom is 0.230 e. The molecular formula is C19H17N5O2S. The minimum Gasteiger partial charge on any atom is -0.497 e. The highest BCUT2D eigenvalue weighted by Gasteiger charge is 2.11. The number of carbonyl (C=O) groups excluding carboxylic acids is 1. The number of H-pyrrole nitrogens is 1. The number of rotatable bonds is 6. The number of hydrogen-bond donors (Lipinski definition) is 2. The first-order chi connectivity index (χ1) is 13.2. The first-order valence-corrected chi connectivity index (χ1v) is 9.35. The molecule has 0 saturated heterocycles. The third kappa shape index (κ3) is 3.85. The van der Waals surface area contributed by atoms with Crippen LogP contribution in [0.25, 0.3) is 22.1 Å². The first-order valence-electron chi connectivity index (χ1n) is 8.36. The van der Waals surface area contributed by atoms with Gasteiger partial charge < -0.3 is 15.0 Å². The van der Waals surface area contributed by atoms with Crippen molar-refractivity contribution in [2.45, 2.75) is 11.7 Å². The quantitative estimate of drug-likeness (QED) is 0.501. The lowest BCUT2D eigenvalue weighted by molar-refractivity contribution is -0.118. The second-order valence-corrected chi connectivity index (χ2v) is 6.82. The van der Waals surface area contributed by atoms with Crippen molar-refractivity contribution in [2.24, 2.45) is 0 Å². The van der Waals surface area contributed by atoms with Crippen molar-refractivity contribution in [1.82, 2.24) is 25.5 Å². The Bertz CT molecular complexity index is 1100. The van der Waals surface area contributed by atoms with Crippen molar-refractivity contribution in [3.63, 3.8) is 0 Å². The zero-order chi connectivity index (χ0) is 18.6. The highest BCUT2D eigenvalue weighted by molar-refractivity contribution is 7.99. The van der Waals surface area contributed by atoms with Crippen molar-refractivity contribution in [2.75, 3.05) is 12.9 Å². The van der Waals surface area contributed by atoms with Crippen molar-refractivity contribution < 1.29 is 9.53 Å². The molecule has 136 valence electrons. The summed E-state index contributed by atoms with van der Waals surface area (Å²) in [5, 5.41) is 12.6. The Morgan fingerprint density at radius 3 is 2.85 bits per heavy atom. The molecule has 4 aromatic rings. The molecule has 0 radical (unpaired) electrons. The summed E-state index contributed by atoms with van der Waals surface area (Å²) in [5.74, 6) is 0.904. The number of aromatic amines is 1. The second-order valence-electron chi connectivity index (χ2n) is 5.88. The van der Waals surface area contributed by atoms with Crippen molar-refractivity contribution in [3.05, 3.63) is 54.1 Å². The van der Waals surface area contributed by atoms with Gasteiger partial charge in [0.2, 0.25) is 11.1 Å².